The highest BCUT2D eigenvalue weighted by atomic mass is 32.1. The zero-order chi connectivity index (χ0) is 11.8. The third kappa shape index (κ3) is 1.76. The van der Waals surface area contributed by atoms with Gasteiger partial charge >= 0.3 is 0 Å². The fourth-order valence-corrected chi connectivity index (χ4v) is 2.77. The molecule has 1 fully saturated rings. The molecule has 2 aromatic rings. The molecule has 88 valence electrons. The van der Waals surface area contributed by atoms with Crippen LogP contribution < -0.4 is 0 Å². The Labute approximate surface area is 104 Å². The number of aryl methyl sites for hydroxylation is 1. The molecule has 0 spiro atoms. The zero-order valence-electron chi connectivity index (χ0n) is 9.54. The van der Waals surface area contributed by atoms with E-state index in [1.807, 2.05) is 34.8 Å². The van der Waals surface area contributed by atoms with Gasteiger partial charge < -0.3 is 9.47 Å². The Morgan fingerprint density at radius 1 is 1.53 bits per heavy atom. The van der Waals surface area contributed by atoms with Crippen LogP contribution in [0.15, 0.2) is 29.2 Å². The minimum atomic E-state index is 0.139. The highest BCUT2D eigenvalue weighted by Gasteiger charge is 2.32. The third-order valence-electron chi connectivity index (χ3n) is 3.17. The Balaban J connectivity index is 1.66. The first-order valence-electron chi connectivity index (χ1n) is 5.56. The van der Waals surface area contributed by atoms with Crippen LogP contribution in [0.1, 0.15) is 22.2 Å². The Bertz CT molecular complexity index is 526. The second kappa shape index (κ2) is 4.00. The highest BCUT2D eigenvalue weighted by Crippen LogP contribution is 2.24. The van der Waals surface area contributed by atoms with Gasteiger partial charge in [-0.25, -0.2) is 4.98 Å². The van der Waals surface area contributed by atoms with Crippen molar-refractivity contribution in [3.63, 3.8) is 0 Å². The minimum Gasteiger partial charge on any atom is -0.334 e. The summed E-state index contributed by atoms with van der Waals surface area (Å²) in [5.74, 6) is 1.15. The molecule has 5 heteroatoms. The van der Waals surface area contributed by atoms with Crippen molar-refractivity contribution in [2.75, 3.05) is 13.1 Å². The van der Waals surface area contributed by atoms with E-state index in [-0.39, 0.29) is 5.91 Å². The molecule has 0 aromatic carbocycles. The largest absolute Gasteiger partial charge is 0.334 e. The van der Waals surface area contributed by atoms with Gasteiger partial charge in [-0.15, -0.1) is 0 Å². The van der Waals surface area contributed by atoms with Gasteiger partial charge in [0.2, 0.25) is 0 Å². The second-order valence-corrected chi connectivity index (χ2v) is 5.04. The van der Waals surface area contributed by atoms with Crippen LogP contribution in [0.4, 0.5) is 0 Å². The summed E-state index contributed by atoms with van der Waals surface area (Å²) in [6.07, 6.45) is 3.78. The summed E-state index contributed by atoms with van der Waals surface area (Å²) >= 11 is 1.56. The lowest BCUT2D eigenvalue weighted by Crippen LogP contribution is -2.50. The lowest BCUT2D eigenvalue weighted by Gasteiger charge is -2.40. The Kier molecular flexibility index (Phi) is 2.48. The molecule has 2 aromatic heterocycles. The summed E-state index contributed by atoms with van der Waals surface area (Å²) in [4.78, 5) is 18.1. The molecule has 17 heavy (non-hydrogen) atoms. The molecular formula is C12H13N3OS. The van der Waals surface area contributed by atoms with Gasteiger partial charge in [0.1, 0.15) is 5.82 Å². The quantitative estimate of drug-likeness (QED) is 0.813. The molecular weight excluding hydrogens is 234 g/mol. The number of rotatable bonds is 2. The number of imidazole rings is 1. The number of nitrogens with zero attached hydrogens (tertiary/aromatic N) is 3. The average Bonchev–Trinajstić information content (AvgIpc) is 2.87. The topological polar surface area (TPSA) is 38.1 Å². The number of amides is 1. The number of hydrogen-bond donors (Lipinski definition) is 0. The third-order valence-corrected chi connectivity index (χ3v) is 3.86. The number of thiophene rings is 1. The molecule has 0 bridgehead atoms. The number of hydrogen-bond acceptors (Lipinski definition) is 3. The molecule has 0 radical (unpaired) electrons. The molecule has 4 nitrogen and oxygen atoms in total. The van der Waals surface area contributed by atoms with Crippen molar-refractivity contribution in [1.29, 1.82) is 0 Å². The predicted octanol–water partition coefficient (Wildman–Crippen LogP) is 1.95. The van der Waals surface area contributed by atoms with Gasteiger partial charge in [-0.05, 0) is 18.4 Å². The molecule has 3 rings (SSSR count). The minimum absolute atomic E-state index is 0.139. The first-order chi connectivity index (χ1) is 8.25. The molecule has 0 aliphatic carbocycles. The van der Waals surface area contributed by atoms with Gasteiger partial charge in [0.25, 0.3) is 5.91 Å². The molecule has 0 atom stereocenters. The van der Waals surface area contributed by atoms with Crippen LogP contribution in [-0.4, -0.2) is 33.4 Å². The van der Waals surface area contributed by atoms with Crippen LogP contribution in [0.5, 0.6) is 0 Å². The summed E-state index contributed by atoms with van der Waals surface area (Å²) in [6, 6.07) is 2.27. The van der Waals surface area contributed by atoms with Crippen molar-refractivity contribution in [2.24, 2.45) is 0 Å². The van der Waals surface area contributed by atoms with Crippen LogP contribution in [0.2, 0.25) is 0 Å². The van der Waals surface area contributed by atoms with E-state index in [4.69, 9.17) is 0 Å². The molecule has 0 saturated carbocycles. The van der Waals surface area contributed by atoms with E-state index in [1.54, 1.807) is 17.5 Å². The Morgan fingerprint density at radius 3 is 2.94 bits per heavy atom. The maximum Gasteiger partial charge on any atom is 0.254 e. The van der Waals surface area contributed by atoms with Crippen molar-refractivity contribution in [3.05, 3.63) is 40.6 Å². The molecule has 1 saturated heterocycles. The molecule has 0 unspecified atom stereocenters. The fraction of sp³-hybridized carbons (Fsp3) is 0.333. The van der Waals surface area contributed by atoms with E-state index in [0.717, 1.165) is 24.5 Å². The van der Waals surface area contributed by atoms with Crippen molar-refractivity contribution in [2.45, 2.75) is 13.0 Å². The zero-order valence-corrected chi connectivity index (χ0v) is 10.4. The first kappa shape index (κ1) is 10.5. The lowest BCUT2D eigenvalue weighted by molar-refractivity contribution is 0.0518. The van der Waals surface area contributed by atoms with E-state index >= 15 is 0 Å². The maximum absolute atomic E-state index is 12.0. The highest BCUT2D eigenvalue weighted by molar-refractivity contribution is 7.08. The fourth-order valence-electron chi connectivity index (χ4n) is 2.14. The van der Waals surface area contributed by atoms with Crippen molar-refractivity contribution in [3.8, 4) is 0 Å². The van der Waals surface area contributed by atoms with Gasteiger partial charge in [-0.2, -0.15) is 11.3 Å². The molecule has 0 N–H and O–H groups in total. The average molecular weight is 247 g/mol. The normalized spacial score (nSPS) is 15.9. The van der Waals surface area contributed by atoms with Gasteiger partial charge in [0.05, 0.1) is 11.6 Å². The van der Waals surface area contributed by atoms with E-state index in [1.165, 1.54) is 0 Å². The van der Waals surface area contributed by atoms with Crippen molar-refractivity contribution >= 4 is 17.2 Å². The van der Waals surface area contributed by atoms with E-state index in [0.29, 0.717) is 6.04 Å². The SMILES string of the molecule is Cc1nccn1C1CN(C(=O)c2ccsc2)C1. The smallest absolute Gasteiger partial charge is 0.254 e. The predicted molar refractivity (Wildman–Crippen MR) is 66.2 cm³/mol. The summed E-state index contributed by atoms with van der Waals surface area (Å²) < 4.78 is 2.14. The number of carbonyl (C=O) groups is 1. The van der Waals surface area contributed by atoms with Crippen LogP contribution in [-0.2, 0) is 0 Å². The number of carbonyl (C=O) groups excluding carboxylic acids is 1. The van der Waals surface area contributed by atoms with E-state index in [2.05, 4.69) is 9.55 Å². The van der Waals surface area contributed by atoms with Gasteiger partial charge in [0.15, 0.2) is 0 Å². The number of aromatic nitrogens is 2. The standard InChI is InChI=1S/C12H13N3OS/c1-9-13-3-4-15(9)11-6-14(7-11)12(16)10-2-5-17-8-10/h2-5,8,11H,6-7H2,1H3. The Hall–Kier alpha value is -1.62. The van der Waals surface area contributed by atoms with Crippen molar-refractivity contribution in [1.82, 2.24) is 14.5 Å². The molecule has 1 aliphatic heterocycles. The maximum atomic E-state index is 12.0. The summed E-state index contributed by atoms with van der Waals surface area (Å²) in [7, 11) is 0. The lowest BCUT2D eigenvalue weighted by atomic mass is 10.1. The van der Waals surface area contributed by atoms with Crippen LogP contribution in [0.25, 0.3) is 0 Å². The second-order valence-electron chi connectivity index (χ2n) is 4.26. The van der Waals surface area contributed by atoms with Crippen LogP contribution >= 0.6 is 11.3 Å². The van der Waals surface area contributed by atoms with Crippen LogP contribution in [0, 0.1) is 6.92 Å². The van der Waals surface area contributed by atoms with Gasteiger partial charge in [-0.3, -0.25) is 4.79 Å². The van der Waals surface area contributed by atoms with E-state index in [9.17, 15) is 4.79 Å². The van der Waals surface area contributed by atoms with Crippen LogP contribution in [0.3, 0.4) is 0 Å². The van der Waals surface area contributed by atoms with Crippen molar-refractivity contribution < 1.29 is 4.79 Å². The van der Waals surface area contributed by atoms with Gasteiger partial charge in [-0.1, -0.05) is 0 Å². The van der Waals surface area contributed by atoms with Gasteiger partial charge in [0, 0.05) is 30.9 Å². The summed E-state index contributed by atoms with van der Waals surface area (Å²) in [5, 5.41) is 3.84. The van der Waals surface area contributed by atoms with E-state index < -0.39 is 0 Å². The monoisotopic (exact) mass is 247 g/mol. The Morgan fingerprint density at radius 2 is 2.35 bits per heavy atom. The molecule has 1 amide bonds. The molecule has 1 aliphatic rings. The number of likely N-dealkylation sites (tertiary alicyclic amines) is 1. The summed E-state index contributed by atoms with van der Waals surface area (Å²) in [5.41, 5.74) is 0.802. The summed E-state index contributed by atoms with van der Waals surface area (Å²) in [6.45, 7) is 3.56. The first-order valence-corrected chi connectivity index (χ1v) is 6.51. The molecule has 3 heterocycles.